The van der Waals surface area contributed by atoms with Gasteiger partial charge >= 0.3 is 5.97 Å². The van der Waals surface area contributed by atoms with Crippen molar-refractivity contribution in [2.75, 3.05) is 0 Å². The fourth-order valence-electron chi connectivity index (χ4n) is 2.48. The molecule has 0 spiro atoms. The van der Waals surface area contributed by atoms with Crippen LogP contribution in [-0.2, 0) is 17.9 Å². The van der Waals surface area contributed by atoms with Crippen molar-refractivity contribution in [3.63, 3.8) is 0 Å². The number of esters is 1. The molecule has 0 unspecified atom stereocenters. The van der Waals surface area contributed by atoms with Crippen LogP contribution in [-0.4, -0.2) is 36.0 Å². The van der Waals surface area contributed by atoms with Crippen molar-refractivity contribution in [2.45, 2.75) is 32.0 Å². The highest BCUT2D eigenvalue weighted by Crippen LogP contribution is 2.34. The third-order valence-electron chi connectivity index (χ3n) is 3.95. The van der Waals surface area contributed by atoms with Gasteiger partial charge in [-0.15, -0.1) is 5.10 Å². The van der Waals surface area contributed by atoms with Crippen molar-refractivity contribution in [3.05, 3.63) is 58.6 Å². The van der Waals surface area contributed by atoms with Crippen LogP contribution in [0.15, 0.2) is 36.7 Å². The second-order valence-corrected chi connectivity index (χ2v) is 6.27. The Morgan fingerprint density at radius 2 is 2.16 bits per heavy atom. The zero-order chi connectivity index (χ0) is 17.2. The Kier molecular flexibility index (Phi) is 4.19. The maximum absolute atomic E-state index is 12.2. The molecule has 1 aliphatic carbocycles. The predicted molar refractivity (Wildman–Crippen MR) is 88.0 cm³/mol. The van der Waals surface area contributed by atoms with E-state index in [1.54, 1.807) is 15.6 Å². The number of nitrogens with zero attached hydrogens (tertiary/aromatic N) is 6. The summed E-state index contributed by atoms with van der Waals surface area (Å²) >= 11 is 6.14. The Bertz CT molecular complexity index is 901. The maximum Gasteiger partial charge on any atom is 0.341 e. The fraction of sp³-hybridized carbons (Fsp3) is 0.312. The number of carbonyl (C=O) groups excluding carboxylic acids is 1. The van der Waals surface area contributed by atoms with E-state index in [9.17, 15) is 4.79 Å². The summed E-state index contributed by atoms with van der Waals surface area (Å²) in [6, 6.07) is 7.85. The molecule has 3 aromatic rings. The van der Waals surface area contributed by atoms with Crippen LogP contribution in [0.2, 0.25) is 5.02 Å². The normalized spacial score (nSPS) is 13.8. The summed E-state index contributed by atoms with van der Waals surface area (Å²) in [5.74, 6) is 0.0927. The molecule has 25 heavy (non-hydrogen) atoms. The summed E-state index contributed by atoms with van der Waals surface area (Å²) in [6.45, 7) is 0.519. The van der Waals surface area contributed by atoms with E-state index in [4.69, 9.17) is 16.3 Å². The lowest BCUT2D eigenvalue weighted by atomic mass is 10.2. The van der Waals surface area contributed by atoms with Crippen LogP contribution in [0.4, 0.5) is 0 Å². The number of aromatic nitrogens is 6. The van der Waals surface area contributed by atoms with Gasteiger partial charge in [0, 0.05) is 11.2 Å². The largest absolute Gasteiger partial charge is 0.454 e. The molecule has 1 aliphatic rings. The number of hydrogen-bond acceptors (Lipinski definition) is 6. The molecule has 1 aromatic carbocycles. The minimum absolute atomic E-state index is 0.0397. The Morgan fingerprint density at radius 1 is 1.32 bits per heavy atom. The lowest BCUT2D eigenvalue weighted by molar-refractivity contribution is 0.0456. The van der Waals surface area contributed by atoms with Crippen LogP contribution >= 0.6 is 11.6 Å². The first-order valence-corrected chi connectivity index (χ1v) is 8.28. The third-order valence-corrected chi connectivity index (χ3v) is 4.31. The molecule has 0 saturated heterocycles. The van der Waals surface area contributed by atoms with Gasteiger partial charge in [-0.2, -0.15) is 5.10 Å². The van der Waals surface area contributed by atoms with Gasteiger partial charge < -0.3 is 4.74 Å². The molecule has 0 amide bonds. The van der Waals surface area contributed by atoms with Crippen molar-refractivity contribution in [1.82, 2.24) is 30.0 Å². The number of halogens is 1. The lowest BCUT2D eigenvalue weighted by Crippen LogP contribution is -2.10. The van der Waals surface area contributed by atoms with Gasteiger partial charge in [0.2, 0.25) is 0 Å². The molecule has 4 rings (SSSR count). The fourth-order valence-corrected chi connectivity index (χ4v) is 2.68. The van der Waals surface area contributed by atoms with Gasteiger partial charge in [-0.25, -0.2) is 9.48 Å². The number of ether oxygens (including phenoxy) is 1. The molecule has 128 valence electrons. The van der Waals surface area contributed by atoms with Gasteiger partial charge in [0.05, 0.1) is 24.3 Å². The molecule has 1 saturated carbocycles. The van der Waals surface area contributed by atoms with Crippen LogP contribution in [0.3, 0.4) is 0 Å². The van der Waals surface area contributed by atoms with E-state index in [0.717, 1.165) is 18.4 Å². The number of tetrazole rings is 1. The maximum atomic E-state index is 12.2. The van der Waals surface area contributed by atoms with E-state index < -0.39 is 5.97 Å². The Labute approximate surface area is 148 Å². The molecule has 0 bridgehead atoms. The molecular formula is C16H15ClN6O2. The first-order chi connectivity index (χ1) is 12.2. The van der Waals surface area contributed by atoms with E-state index in [0.29, 0.717) is 29.0 Å². The van der Waals surface area contributed by atoms with Crippen molar-refractivity contribution in [1.29, 1.82) is 0 Å². The molecule has 0 atom stereocenters. The second-order valence-electron chi connectivity index (χ2n) is 5.86. The van der Waals surface area contributed by atoms with Gasteiger partial charge in [-0.3, -0.25) is 4.68 Å². The summed E-state index contributed by atoms with van der Waals surface area (Å²) in [6.07, 6.45) is 5.22. The topological polar surface area (TPSA) is 87.7 Å². The van der Waals surface area contributed by atoms with Crippen molar-refractivity contribution < 1.29 is 9.53 Å². The Hall–Kier alpha value is -2.74. The first kappa shape index (κ1) is 15.8. The standard InChI is InChI=1S/C16H15ClN6O2/c17-14-4-2-1-3-11(14)8-22-9-12(7-18-22)16(24)25-10-15-19-20-21-23(15)13-5-6-13/h1-4,7,9,13H,5-6,8,10H2. The summed E-state index contributed by atoms with van der Waals surface area (Å²) in [4.78, 5) is 12.2. The average Bonchev–Trinajstić information content (AvgIpc) is 3.17. The van der Waals surface area contributed by atoms with Crippen molar-refractivity contribution in [3.8, 4) is 0 Å². The van der Waals surface area contributed by atoms with E-state index in [1.165, 1.54) is 6.20 Å². The van der Waals surface area contributed by atoms with Crippen molar-refractivity contribution in [2.24, 2.45) is 0 Å². The van der Waals surface area contributed by atoms with Crippen LogP contribution in [0, 0.1) is 0 Å². The Morgan fingerprint density at radius 3 is 2.96 bits per heavy atom. The summed E-state index contributed by atoms with van der Waals surface area (Å²) in [7, 11) is 0. The first-order valence-electron chi connectivity index (χ1n) is 7.90. The third kappa shape index (κ3) is 3.53. The molecule has 0 radical (unpaired) electrons. The predicted octanol–water partition coefficient (Wildman–Crippen LogP) is 2.26. The number of benzene rings is 1. The van der Waals surface area contributed by atoms with Gasteiger partial charge in [0.15, 0.2) is 12.4 Å². The van der Waals surface area contributed by atoms with Gasteiger partial charge in [0.25, 0.3) is 0 Å². The van der Waals surface area contributed by atoms with Crippen LogP contribution in [0.25, 0.3) is 0 Å². The minimum atomic E-state index is -0.462. The van der Waals surface area contributed by atoms with Crippen molar-refractivity contribution >= 4 is 17.6 Å². The Balaban J connectivity index is 1.38. The summed E-state index contributed by atoms with van der Waals surface area (Å²) in [5.41, 5.74) is 1.30. The zero-order valence-electron chi connectivity index (χ0n) is 13.2. The summed E-state index contributed by atoms with van der Waals surface area (Å²) < 4.78 is 8.66. The quantitative estimate of drug-likeness (QED) is 0.628. The monoisotopic (exact) mass is 358 g/mol. The molecule has 0 N–H and O–H groups in total. The molecular weight excluding hydrogens is 344 g/mol. The number of hydrogen-bond donors (Lipinski definition) is 0. The SMILES string of the molecule is O=C(OCc1nnnn1C1CC1)c1cnn(Cc2ccccc2Cl)c1. The second kappa shape index (κ2) is 6.64. The molecule has 8 nitrogen and oxygen atoms in total. The number of carbonyl (C=O) groups is 1. The highest BCUT2D eigenvalue weighted by atomic mass is 35.5. The molecule has 0 aliphatic heterocycles. The smallest absolute Gasteiger partial charge is 0.341 e. The van der Waals surface area contributed by atoms with Gasteiger partial charge in [0.1, 0.15) is 0 Å². The van der Waals surface area contributed by atoms with Crippen LogP contribution in [0.1, 0.15) is 40.6 Å². The van der Waals surface area contributed by atoms with Crippen LogP contribution in [0.5, 0.6) is 0 Å². The minimum Gasteiger partial charge on any atom is -0.454 e. The zero-order valence-corrected chi connectivity index (χ0v) is 14.0. The van der Waals surface area contributed by atoms with Gasteiger partial charge in [-0.05, 0) is 34.9 Å². The van der Waals surface area contributed by atoms with E-state index in [-0.39, 0.29) is 6.61 Å². The molecule has 9 heteroatoms. The highest BCUT2D eigenvalue weighted by molar-refractivity contribution is 6.31. The highest BCUT2D eigenvalue weighted by Gasteiger charge is 2.28. The van der Waals surface area contributed by atoms with E-state index >= 15 is 0 Å². The molecule has 2 heterocycles. The molecule has 2 aromatic heterocycles. The summed E-state index contributed by atoms with van der Waals surface area (Å²) in [5, 5.41) is 16.3. The van der Waals surface area contributed by atoms with Crippen LogP contribution < -0.4 is 0 Å². The number of rotatable bonds is 6. The van der Waals surface area contributed by atoms with E-state index in [1.807, 2.05) is 24.3 Å². The molecule has 1 fully saturated rings. The lowest BCUT2D eigenvalue weighted by Gasteiger charge is -2.04. The van der Waals surface area contributed by atoms with E-state index in [2.05, 4.69) is 20.6 Å². The average molecular weight is 359 g/mol. The van der Waals surface area contributed by atoms with Gasteiger partial charge in [-0.1, -0.05) is 29.8 Å².